The fraction of sp³-hybridized carbons (Fsp3) is 0.655. The molecular formula is C29H34O9. The van der Waals surface area contributed by atoms with Gasteiger partial charge in [0.05, 0.1) is 12.5 Å². The fourth-order valence-corrected chi connectivity index (χ4v) is 8.90. The topological polar surface area (TPSA) is 122 Å². The van der Waals surface area contributed by atoms with Crippen LogP contribution in [0, 0.1) is 34.0 Å². The summed E-state index contributed by atoms with van der Waals surface area (Å²) in [5, 5.41) is 0. The van der Waals surface area contributed by atoms with Crippen LogP contribution in [0.4, 0.5) is 0 Å². The Morgan fingerprint density at radius 1 is 0.974 bits per heavy atom. The second-order valence-corrected chi connectivity index (χ2v) is 12.7. The predicted molar refractivity (Wildman–Crippen MR) is 130 cm³/mol. The van der Waals surface area contributed by atoms with Crippen molar-refractivity contribution in [2.24, 2.45) is 34.0 Å². The first-order valence-corrected chi connectivity index (χ1v) is 13.3. The van der Waals surface area contributed by atoms with Crippen molar-refractivity contribution in [3.63, 3.8) is 0 Å². The van der Waals surface area contributed by atoms with Gasteiger partial charge in [0.2, 0.25) is 0 Å². The van der Waals surface area contributed by atoms with Gasteiger partial charge < -0.3 is 23.4 Å². The first kappa shape index (κ1) is 25.3. The smallest absolute Gasteiger partial charge is 0.339 e. The molecule has 3 heterocycles. The maximum Gasteiger partial charge on any atom is 0.339 e. The van der Waals surface area contributed by atoms with E-state index in [4.69, 9.17) is 23.4 Å². The summed E-state index contributed by atoms with van der Waals surface area (Å²) in [5.41, 5.74) is -2.48. The molecule has 10 unspecified atom stereocenters. The second kappa shape index (κ2) is 7.81. The van der Waals surface area contributed by atoms with Gasteiger partial charge in [0.1, 0.15) is 23.9 Å². The van der Waals surface area contributed by atoms with Crippen molar-refractivity contribution in [3.8, 4) is 0 Å². The lowest BCUT2D eigenvalue weighted by Crippen LogP contribution is -2.71. The molecule has 2 saturated heterocycles. The minimum Gasteiger partial charge on any atom is -0.472 e. The van der Waals surface area contributed by atoms with Gasteiger partial charge >= 0.3 is 17.9 Å². The monoisotopic (exact) mass is 526 g/mol. The highest BCUT2D eigenvalue weighted by Gasteiger charge is 2.86. The van der Waals surface area contributed by atoms with Gasteiger partial charge in [-0.1, -0.05) is 33.8 Å². The Morgan fingerprint density at radius 2 is 1.66 bits per heavy atom. The zero-order valence-corrected chi connectivity index (χ0v) is 22.5. The van der Waals surface area contributed by atoms with Crippen LogP contribution in [0.1, 0.15) is 66.1 Å². The summed E-state index contributed by atoms with van der Waals surface area (Å²) in [4.78, 5) is 51.3. The van der Waals surface area contributed by atoms with Crippen LogP contribution in [0.15, 0.2) is 35.2 Å². The number of ketones is 1. The van der Waals surface area contributed by atoms with Gasteiger partial charge in [-0.15, -0.1) is 0 Å². The molecule has 10 atom stereocenters. The van der Waals surface area contributed by atoms with Crippen LogP contribution >= 0.6 is 0 Å². The van der Waals surface area contributed by atoms with E-state index in [0.717, 1.165) is 0 Å². The SMILES string of the molecule is CC(=O)OC1CC2(C)C(c3ccoc3)OC(=O)C3OC32C2C(OC(C)=O)CC3C(C)(C)C(=O)C=CC3(C)C12. The van der Waals surface area contributed by atoms with E-state index < -0.39 is 70.1 Å². The van der Waals surface area contributed by atoms with E-state index in [2.05, 4.69) is 6.92 Å². The van der Waals surface area contributed by atoms with Crippen LogP contribution in [-0.4, -0.2) is 47.6 Å². The number of esters is 3. The number of fused-ring (bicyclic) bond motifs is 3. The van der Waals surface area contributed by atoms with Crippen molar-refractivity contribution in [2.45, 2.75) is 84.4 Å². The maximum atomic E-state index is 13.3. The van der Waals surface area contributed by atoms with Crippen LogP contribution in [0.5, 0.6) is 0 Å². The lowest BCUT2D eigenvalue weighted by atomic mass is 9.40. The van der Waals surface area contributed by atoms with E-state index in [-0.39, 0.29) is 17.6 Å². The molecule has 0 bridgehead atoms. The summed E-state index contributed by atoms with van der Waals surface area (Å²) < 4.78 is 29.8. The normalized spacial score (nSPS) is 46.0. The van der Waals surface area contributed by atoms with Gasteiger partial charge in [0, 0.05) is 42.1 Å². The minimum atomic E-state index is -1.01. The third-order valence-corrected chi connectivity index (χ3v) is 10.4. The fourth-order valence-electron chi connectivity index (χ4n) is 8.90. The number of ether oxygens (including phenoxy) is 4. The molecule has 9 nitrogen and oxygen atoms in total. The van der Waals surface area contributed by atoms with Crippen molar-refractivity contribution < 1.29 is 42.5 Å². The van der Waals surface area contributed by atoms with Crippen LogP contribution in [0.25, 0.3) is 0 Å². The quantitative estimate of drug-likeness (QED) is 0.329. The summed E-state index contributed by atoms with van der Waals surface area (Å²) >= 11 is 0. The van der Waals surface area contributed by atoms with E-state index >= 15 is 0 Å². The molecule has 3 aliphatic carbocycles. The van der Waals surface area contributed by atoms with E-state index in [1.807, 2.05) is 26.8 Å². The summed E-state index contributed by atoms with van der Waals surface area (Å²) in [5.74, 6) is -2.42. The third-order valence-electron chi connectivity index (χ3n) is 10.4. The molecule has 1 aromatic heterocycles. The molecule has 6 rings (SSSR count). The number of hydrogen-bond donors (Lipinski definition) is 0. The highest BCUT2D eigenvalue weighted by molar-refractivity contribution is 5.95. The number of carbonyl (C=O) groups is 4. The van der Waals surface area contributed by atoms with Gasteiger partial charge in [-0.2, -0.15) is 0 Å². The first-order chi connectivity index (χ1) is 17.8. The number of epoxide rings is 1. The van der Waals surface area contributed by atoms with Gasteiger partial charge in [-0.25, -0.2) is 4.79 Å². The van der Waals surface area contributed by atoms with Crippen LogP contribution < -0.4 is 0 Å². The van der Waals surface area contributed by atoms with E-state index in [9.17, 15) is 19.2 Å². The lowest BCUT2D eigenvalue weighted by Gasteiger charge is -2.65. The van der Waals surface area contributed by atoms with E-state index in [1.54, 1.807) is 18.4 Å². The van der Waals surface area contributed by atoms with Gasteiger partial charge in [0.15, 0.2) is 11.9 Å². The Bertz CT molecular complexity index is 1250. The molecule has 4 fully saturated rings. The molecule has 1 spiro atoms. The van der Waals surface area contributed by atoms with Crippen LogP contribution in [0.2, 0.25) is 0 Å². The summed E-state index contributed by atoms with van der Waals surface area (Å²) in [6.07, 6.45) is 4.59. The molecule has 0 N–H and O–H groups in total. The molecule has 0 radical (unpaired) electrons. The molecule has 2 saturated carbocycles. The Balaban J connectivity index is 1.58. The standard InChI is InChI=1S/C29H34O9/c1-14(30)35-17-11-19-26(3,4)20(32)7-9-27(19,5)21-18(36-15(2)31)12-28(6)23(16-8-10-34-13-16)37-25(33)24-29(28,38-24)22(17)21/h7-10,13,17-19,21-24H,11-12H2,1-6H3. The van der Waals surface area contributed by atoms with Gasteiger partial charge in [0.25, 0.3) is 0 Å². The van der Waals surface area contributed by atoms with Crippen LogP contribution in [-0.2, 0) is 38.1 Å². The Kier molecular flexibility index (Phi) is 5.21. The largest absolute Gasteiger partial charge is 0.472 e. The highest BCUT2D eigenvalue weighted by atomic mass is 16.7. The van der Waals surface area contributed by atoms with Crippen molar-refractivity contribution in [2.75, 3.05) is 0 Å². The predicted octanol–water partition coefficient (Wildman–Crippen LogP) is 3.71. The van der Waals surface area contributed by atoms with Crippen molar-refractivity contribution in [1.29, 1.82) is 0 Å². The molecule has 9 heteroatoms. The average Bonchev–Trinajstić information content (AvgIpc) is 3.36. The van der Waals surface area contributed by atoms with E-state index in [0.29, 0.717) is 18.4 Å². The molecule has 1 aromatic rings. The van der Waals surface area contributed by atoms with Crippen molar-refractivity contribution >= 4 is 23.7 Å². The first-order valence-electron chi connectivity index (χ1n) is 13.3. The number of rotatable bonds is 3. The second-order valence-electron chi connectivity index (χ2n) is 12.7. The summed E-state index contributed by atoms with van der Waals surface area (Å²) in [7, 11) is 0. The van der Waals surface area contributed by atoms with Gasteiger partial charge in [-0.3, -0.25) is 14.4 Å². The van der Waals surface area contributed by atoms with Crippen LogP contribution in [0.3, 0.4) is 0 Å². The molecule has 204 valence electrons. The Hall–Kier alpha value is -2.94. The molecule has 0 aromatic carbocycles. The zero-order chi connectivity index (χ0) is 27.4. The Labute approximate surface area is 221 Å². The third kappa shape index (κ3) is 3.08. The number of allylic oxidation sites excluding steroid dienone is 2. The number of cyclic esters (lactones) is 1. The molecule has 38 heavy (non-hydrogen) atoms. The maximum absolute atomic E-state index is 13.3. The van der Waals surface area contributed by atoms with Crippen molar-refractivity contribution in [3.05, 3.63) is 36.3 Å². The molecule has 2 aliphatic heterocycles. The average molecular weight is 527 g/mol. The van der Waals surface area contributed by atoms with Crippen molar-refractivity contribution in [1.82, 2.24) is 0 Å². The van der Waals surface area contributed by atoms with E-state index in [1.165, 1.54) is 20.1 Å². The number of hydrogen-bond acceptors (Lipinski definition) is 9. The lowest BCUT2D eigenvalue weighted by molar-refractivity contribution is -0.244. The summed E-state index contributed by atoms with van der Waals surface area (Å²) in [6, 6.07) is 1.76. The number of carbonyl (C=O) groups excluding carboxylic acids is 4. The molecule has 5 aliphatic rings. The summed E-state index contributed by atoms with van der Waals surface area (Å²) in [6.45, 7) is 10.7. The minimum absolute atomic E-state index is 0.00432. The molecule has 0 amide bonds. The zero-order valence-electron chi connectivity index (χ0n) is 22.5. The Morgan fingerprint density at radius 3 is 2.29 bits per heavy atom. The van der Waals surface area contributed by atoms with Gasteiger partial charge in [-0.05, 0) is 36.3 Å². The molecular weight excluding hydrogens is 492 g/mol. The number of furan rings is 1. The highest BCUT2D eigenvalue weighted by Crippen LogP contribution is 2.75.